The van der Waals surface area contributed by atoms with Gasteiger partial charge in [0.15, 0.2) is 5.13 Å². The number of aromatic nitrogens is 1. The van der Waals surface area contributed by atoms with Crippen LogP contribution in [0.4, 0.5) is 5.13 Å². The molecule has 1 aromatic heterocycles. The number of hydrogen-bond acceptors (Lipinski definition) is 4. The molecule has 3 nitrogen and oxygen atoms in total. The second-order valence-corrected chi connectivity index (χ2v) is 7.70. The second kappa shape index (κ2) is 6.65. The highest BCUT2D eigenvalue weighted by atomic mass is 32.1. The molecule has 3 rings (SSSR count). The van der Waals surface area contributed by atoms with Crippen molar-refractivity contribution in [3.63, 3.8) is 0 Å². The summed E-state index contributed by atoms with van der Waals surface area (Å²) < 4.78 is 6.10. The number of benzene rings is 2. The van der Waals surface area contributed by atoms with E-state index < -0.39 is 0 Å². The highest BCUT2D eigenvalue weighted by molar-refractivity contribution is 7.13. The van der Waals surface area contributed by atoms with Crippen molar-refractivity contribution < 1.29 is 4.74 Å². The van der Waals surface area contributed by atoms with Gasteiger partial charge >= 0.3 is 0 Å². The van der Waals surface area contributed by atoms with Crippen LogP contribution in [-0.2, 0) is 12.0 Å². The van der Waals surface area contributed by atoms with Gasteiger partial charge in [0.1, 0.15) is 12.4 Å². The van der Waals surface area contributed by atoms with Crippen molar-refractivity contribution in [3.05, 3.63) is 65.0 Å². The highest BCUT2D eigenvalue weighted by Crippen LogP contribution is 2.36. The fraction of sp³-hybridized carbons (Fsp3) is 0.250. The Morgan fingerprint density at radius 2 is 1.83 bits per heavy atom. The summed E-state index contributed by atoms with van der Waals surface area (Å²) in [6.45, 7) is 7.14. The zero-order chi connectivity index (χ0) is 17.2. The van der Waals surface area contributed by atoms with Crippen LogP contribution in [0.1, 0.15) is 31.9 Å². The average molecular weight is 338 g/mol. The van der Waals surface area contributed by atoms with Crippen LogP contribution in [0.25, 0.3) is 11.3 Å². The van der Waals surface area contributed by atoms with Gasteiger partial charge in [-0.2, -0.15) is 0 Å². The van der Waals surface area contributed by atoms with E-state index in [4.69, 9.17) is 10.5 Å². The van der Waals surface area contributed by atoms with Gasteiger partial charge in [0.2, 0.25) is 0 Å². The molecular formula is C20H22N2OS. The molecule has 0 aliphatic heterocycles. The number of nitrogen functional groups attached to an aromatic ring is 1. The van der Waals surface area contributed by atoms with E-state index >= 15 is 0 Å². The first-order valence-corrected chi connectivity index (χ1v) is 8.84. The molecule has 0 bridgehead atoms. The zero-order valence-electron chi connectivity index (χ0n) is 14.2. The first-order valence-electron chi connectivity index (χ1n) is 7.96. The summed E-state index contributed by atoms with van der Waals surface area (Å²) in [5, 5.41) is 2.58. The molecule has 0 saturated heterocycles. The van der Waals surface area contributed by atoms with Gasteiger partial charge in [0, 0.05) is 16.5 Å². The fourth-order valence-electron chi connectivity index (χ4n) is 2.56. The van der Waals surface area contributed by atoms with Crippen LogP contribution < -0.4 is 10.5 Å². The standard InChI is InChI=1S/C20H22N2OS/c1-20(2,3)16-11-15(17-13-24-19(21)22-17)9-10-18(16)23-12-14-7-5-4-6-8-14/h4-11,13H,12H2,1-3H3,(H2,21,22). The first kappa shape index (κ1) is 16.5. The van der Waals surface area contributed by atoms with Gasteiger partial charge in [-0.05, 0) is 29.2 Å². The van der Waals surface area contributed by atoms with E-state index in [-0.39, 0.29) is 5.41 Å². The van der Waals surface area contributed by atoms with Gasteiger partial charge in [-0.1, -0.05) is 51.1 Å². The van der Waals surface area contributed by atoms with Crippen molar-refractivity contribution in [1.82, 2.24) is 4.98 Å². The van der Waals surface area contributed by atoms with E-state index in [0.29, 0.717) is 11.7 Å². The molecule has 2 N–H and O–H groups in total. The number of nitrogens with two attached hydrogens (primary N) is 1. The monoisotopic (exact) mass is 338 g/mol. The summed E-state index contributed by atoms with van der Waals surface area (Å²) in [4.78, 5) is 4.38. The van der Waals surface area contributed by atoms with Crippen LogP contribution >= 0.6 is 11.3 Å². The lowest BCUT2D eigenvalue weighted by molar-refractivity contribution is 0.297. The van der Waals surface area contributed by atoms with Crippen LogP contribution in [0.15, 0.2) is 53.9 Å². The third-order valence-corrected chi connectivity index (χ3v) is 4.52. The zero-order valence-corrected chi connectivity index (χ0v) is 15.1. The molecule has 0 fully saturated rings. The molecule has 2 aromatic carbocycles. The van der Waals surface area contributed by atoms with Crippen molar-refractivity contribution >= 4 is 16.5 Å². The third-order valence-electron chi connectivity index (χ3n) is 3.84. The number of rotatable bonds is 4. The van der Waals surface area contributed by atoms with Gasteiger partial charge in [0.25, 0.3) is 0 Å². The van der Waals surface area contributed by atoms with Crippen molar-refractivity contribution in [1.29, 1.82) is 0 Å². The molecule has 0 aliphatic rings. The molecule has 1 heterocycles. The Hall–Kier alpha value is -2.33. The fourth-order valence-corrected chi connectivity index (χ4v) is 3.13. The maximum absolute atomic E-state index is 6.10. The number of ether oxygens (including phenoxy) is 1. The Kier molecular flexibility index (Phi) is 4.58. The van der Waals surface area contributed by atoms with Crippen molar-refractivity contribution in [3.8, 4) is 17.0 Å². The summed E-state index contributed by atoms with van der Waals surface area (Å²) in [7, 11) is 0. The minimum atomic E-state index is -0.0242. The molecule has 0 spiro atoms. The Labute approximate surface area is 147 Å². The van der Waals surface area contributed by atoms with Crippen molar-refractivity contribution in [2.24, 2.45) is 0 Å². The van der Waals surface area contributed by atoms with Crippen LogP contribution in [0.2, 0.25) is 0 Å². The van der Waals surface area contributed by atoms with E-state index in [1.165, 1.54) is 16.9 Å². The largest absolute Gasteiger partial charge is 0.489 e. The summed E-state index contributed by atoms with van der Waals surface area (Å²) in [6, 6.07) is 16.5. The summed E-state index contributed by atoms with van der Waals surface area (Å²) in [5.41, 5.74) is 10.1. The van der Waals surface area contributed by atoms with Gasteiger partial charge in [-0.15, -0.1) is 11.3 Å². The second-order valence-electron chi connectivity index (χ2n) is 6.81. The van der Waals surface area contributed by atoms with Crippen LogP contribution in [0.5, 0.6) is 5.75 Å². The quantitative estimate of drug-likeness (QED) is 0.705. The number of anilines is 1. The molecule has 0 amide bonds. The minimum absolute atomic E-state index is 0.0242. The molecule has 4 heteroatoms. The smallest absolute Gasteiger partial charge is 0.180 e. The Morgan fingerprint density at radius 3 is 2.46 bits per heavy atom. The Morgan fingerprint density at radius 1 is 1.08 bits per heavy atom. The Bertz CT molecular complexity index is 819. The maximum Gasteiger partial charge on any atom is 0.180 e. The summed E-state index contributed by atoms with van der Waals surface area (Å²) >= 11 is 1.46. The lowest BCUT2D eigenvalue weighted by atomic mass is 9.85. The average Bonchev–Trinajstić information content (AvgIpc) is 2.99. The topological polar surface area (TPSA) is 48.1 Å². The van der Waals surface area contributed by atoms with Crippen molar-refractivity contribution in [2.45, 2.75) is 32.8 Å². The van der Waals surface area contributed by atoms with Gasteiger partial charge in [-0.3, -0.25) is 0 Å². The van der Waals surface area contributed by atoms with Gasteiger partial charge in [-0.25, -0.2) is 4.98 Å². The van der Waals surface area contributed by atoms with Crippen LogP contribution in [0.3, 0.4) is 0 Å². The van der Waals surface area contributed by atoms with E-state index in [1.54, 1.807) is 0 Å². The molecule has 24 heavy (non-hydrogen) atoms. The molecule has 0 atom stereocenters. The molecule has 0 aliphatic carbocycles. The van der Waals surface area contributed by atoms with E-state index in [2.05, 4.69) is 44.0 Å². The van der Waals surface area contributed by atoms with Crippen LogP contribution in [-0.4, -0.2) is 4.98 Å². The number of hydrogen-bond donors (Lipinski definition) is 1. The normalized spacial score (nSPS) is 11.5. The molecule has 0 saturated carbocycles. The number of nitrogens with zero attached hydrogens (tertiary/aromatic N) is 1. The summed E-state index contributed by atoms with van der Waals surface area (Å²) in [6.07, 6.45) is 0. The SMILES string of the molecule is CC(C)(C)c1cc(-c2csc(N)n2)ccc1OCc1ccccc1. The van der Waals surface area contributed by atoms with Crippen LogP contribution in [0, 0.1) is 0 Å². The van der Waals surface area contributed by atoms with Crippen molar-refractivity contribution in [2.75, 3.05) is 5.73 Å². The maximum atomic E-state index is 6.10. The lowest BCUT2D eigenvalue weighted by Crippen LogP contribution is -2.13. The Balaban J connectivity index is 1.91. The predicted octanol–water partition coefficient (Wildman–Crippen LogP) is 5.27. The molecule has 3 aromatic rings. The molecule has 0 radical (unpaired) electrons. The summed E-state index contributed by atoms with van der Waals surface area (Å²) in [5.74, 6) is 0.915. The van der Waals surface area contributed by atoms with E-state index in [9.17, 15) is 0 Å². The molecule has 124 valence electrons. The molecule has 0 unspecified atom stereocenters. The minimum Gasteiger partial charge on any atom is -0.489 e. The first-order chi connectivity index (χ1) is 11.4. The van der Waals surface area contributed by atoms with E-state index in [0.717, 1.165) is 22.6 Å². The predicted molar refractivity (Wildman–Crippen MR) is 101 cm³/mol. The highest BCUT2D eigenvalue weighted by Gasteiger charge is 2.20. The van der Waals surface area contributed by atoms with E-state index in [1.807, 2.05) is 35.7 Å². The number of thiazole rings is 1. The third kappa shape index (κ3) is 3.77. The van der Waals surface area contributed by atoms with Gasteiger partial charge < -0.3 is 10.5 Å². The van der Waals surface area contributed by atoms with Gasteiger partial charge in [0.05, 0.1) is 5.69 Å². The molecular weight excluding hydrogens is 316 g/mol. The lowest BCUT2D eigenvalue weighted by Gasteiger charge is -2.23.